The lowest BCUT2D eigenvalue weighted by Crippen LogP contribution is -2.13. The number of carboxylic acid groups (broad SMARTS) is 1. The third-order valence-corrected chi connectivity index (χ3v) is 3.58. The van der Waals surface area contributed by atoms with E-state index < -0.39 is 11.9 Å². The summed E-state index contributed by atoms with van der Waals surface area (Å²) in [6, 6.07) is 14.2. The van der Waals surface area contributed by atoms with Crippen LogP contribution in [0.2, 0.25) is 0 Å². The van der Waals surface area contributed by atoms with Gasteiger partial charge in [0.25, 0.3) is 5.91 Å². The molecule has 2 aromatic carbocycles. The minimum absolute atomic E-state index is 0.219. The molecular formula is C19H21NO4. The molecule has 0 aliphatic carbocycles. The van der Waals surface area contributed by atoms with E-state index in [0.717, 1.165) is 5.56 Å². The number of hydrogen-bond acceptors (Lipinski definition) is 3. The minimum atomic E-state index is -0.818. The number of ether oxygens (including phenoxy) is 1. The van der Waals surface area contributed by atoms with Gasteiger partial charge in [-0.25, -0.2) is 0 Å². The summed E-state index contributed by atoms with van der Waals surface area (Å²) >= 11 is 0. The summed E-state index contributed by atoms with van der Waals surface area (Å²) in [4.78, 5) is 23.2. The fourth-order valence-corrected chi connectivity index (χ4v) is 2.26. The molecule has 2 rings (SSSR count). The lowest BCUT2D eigenvalue weighted by molar-refractivity contribution is -0.141. The summed E-state index contributed by atoms with van der Waals surface area (Å²) in [5.41, 5.74) is 2.10. The Morgan fingerprint density at radius 1 is 1.17 bits per heavy atom. The number of carbonyl (C=O) groups excluding carboxylic acids is 1. The molecule has 0 bridgehead atoms. The number of rotatable bonds is 7. The van der Waals surface area contributed by atoms with Crippen molar-refractivity contribution in [2.45, 2.75) is 20.3 Å². The molecule has 2 N–H and O–H groups in total. The van der Waals surface area contributed by atoms with E-state index in [2.05, 4.69) is 5.32 Å². The lowest BCUT2D eigenvalue weighted by Gasteiger charge is -2.09. The molecule has 1 atom stereocenters. The van der Waals surface area contributed by atoms with Crippen molar-refractivity contribution in [3.05, 3.63) is 59.7 Å². The van der Waals surface area contributed by atoms with E-state index in [0.29, 0.717) is 30.0 Å². The van der Waals surface area contributed by atoms with Crippen LogP contribution in [0.5, 0.6) is 5.75 Å². The molecule has 5 heteroatoms. The average Bonchev–Trinajstić information content (AvgIpc) is 2.57. The van der Waals surface area contributed by atoms with Crippen LogP contribution in [0.3, 0.4) is 0 Å². The molecule has 0 saturated heterocycles. The summed E-state index contributed by atoms with van der Waals surface area (Å²) < 4.78 is 5.39. The van der Waals surface area contributed by atoms with E-state index in [4.69, 9.17) is 9.84 Å². The lowest BCUT2D eigenvalue weighted by atomic mass is 10.0. The van der Waals surface area contributed by atoms with E-state index in [-0.39, 0.29) is 5.91 Å². The van der Waals surface area contributed by atoms with Crippen LogP contribution in [0, 0.1) is 5.92 Å². The number of carbonyl (C=O) groups is 2. The second kappa shape index (κ2) is 8.15. The number of benzene rings is 2. The first-order chi connectivity index (χ1) is 11.5. The van der Waals surface area contributed by atoms with Crippen LogP contribution in [0.25, 0.3) is 0 Å². The molecule has 0 spiro atoms. The van der Waals surface area contributed by atoms with Gasteiger partial charge in [-0.2, -0.15) is 0 Å². The molecule has 0 fully saturated rings. The van der Waals surface area contributed by atoms with Crippen molar-refractivity contribution in [3.63, 3.8) is 0 Å². The monoisotopic (exact) mass is 327 g/mol. The number of nitrogens with one attached hydrogen (secondary N) is 1. The van der Waals surface area contributed by atoms with Crippen LogP contribution in [-0.4, -0.2) is 23.6 Å². The highest BCUT2D eigenvalue weighted by Crippen LogP contribution is 2.17. The molecule has 1 amide bonds. The van der Waals surface area contributed by atoms with Gasteiger partial charge >= 0.3 is 5.97 Å². The molecule has 2 aromatic rings. The maximum atomic E-state index is 12.3. The first kappa shape index (κ1) is 17.5. The summed E-state index contributed by atoms with van der Waals surface area (Å²) in [5.74, 6) is -0.820. The van der Waals surface area contributed by atoms with Crippen LogP contribution < -0.4 is 10.1 Å². The van der Waals surface area contributed by atoms with Crippen LogP contribution in [0.4, 0.5) is 5.69 Å². The van der Waals surface area contributed by atoms with Gasteiger partial charge in [0.2, 0.25) is 0 Å². The van der Waals surface area contributed by atoms with Crippen LogP contribution in [0.1, 0.15) is 29.8 Å². The van der Waals surface area contributed by atoms with Crippen LogP contribution >= 0.6 is 0 Å². The highest BCUT2D eigenvalue weighted by molar-refractivity contribution is 6.04. The van der Waals surface area contributed by atoms with Gasteiger partial charge < -0.3 is 15.2 Å². The highest BCUT2D eigenvalue weighted by atomic mass is 16.5. The second-order valence-electron chi connectivity index (χ2n) is 5.56. The average molecular weight is 327 g/mol. The van der Waals surface area contributed by atoms with Gasteiger partial charge in [-0.15, -0.1) is 0 Å². The van der Waals surface area contributed by atoms with E-state index in [1.165, 1.54) is 0 Å². The predicted octanol–water partition coefficient (Wildman–Crippen LogP) is 3.60. The standard InChI is InChI=1S/C19H21NO4/c1-3-24-17-6-4-5-15(12-17)18(21)20-16-9-7-14(8-10-16)11-13(2)19(22)23/h4-10,12-13H,3,11H2,1-2H3,(H,20,21)(H,22,23). The SMILES string of the molecule is CCOc1cccc(C(=O)Nc2ccc(CC(C)C(=O)O)cc2)c1. The van der Waals surface area contributed by atoms with Crippen LogP contribution in [-0.2, 0) is 11.2 Å². The molecule has 0 aliphatic rings. The second-order valence-corrected chi connectivity index (χ2v) is 5.56. The smallest absolute Gasteiger partial charge is 0.306 e. The Hall–Kier alpha value is -2.82. The summed E-state index contributed by atoms with van der Waals surface area (Å²) in [5, 5.41) is 11.8. The van der Waals surface area contributed by atoms with Gasteiger partial charge in [-0.3, -0.25) is 9.59 Å². The van der Waals surface area contributed by atoms with Gasteiger partial charge in [-0.1, -0.05) is 25.1 Å². The molecule has 0 radical (unpaired) electrons. The summed E-state index contributed by atoms with van der Waals surface area (Å²) in [7, 11) is 0. The number of anilines is 1. The Bertz CT molecular complexity index is 710. The largest absolute Gasteiger partial charge is 0.494 e. The van der Waals surface area contributed by atoms with Gasteiger partial charge in [0.15, 0.2) is 0 Å². The van der Waals surface area contributed by atoms with Crippen LogP contribution in [0.15, 0.2) is 48.5 Å². The number of amides is 1. The fraction of sp³-hybridized carbons (Fsp3) is 0.263. The molecule has 0 heterocycles. The molecule has 126 valence electrons. The van der Waals surface area contributed by atoms with Gasteiger partial charge in [0, 0.05) is 11.3 Å². The molecule has 5 nitrogen and oxygen atoms in total. The van der Waals surface area contributed by atoms with E-state index in [1.54, 1.807) is 43.3 Å². The number of carboxylic acids is 1. The quantitative estimate of drug-likeness (QED) is 0.815. The third-order valence-electron chi connectivity index (χ3n) is 3.58. The van der Waals surface area contributed by atoms with E-state index in [9.17, 15) is 9.59 Å². The Kier molecular flexibility index (Phi) is 5.95. The predicted molar refractivity (Wildman–Crippen MR) is 92.5 cm³/mol. The van der Waals surface area contributed by atoms with Crippen molar-refractivity contribution >= 4 is 17.6 Å². The van der Waals surface area contributed by atoms with Crippen molar-refractivity contribution in [3.8, 4) is 5.75 Å². The molecule has 0 aromatic heterocycles. The first-order valence-electron chi connectivity index (χ1n) is 7.85. The maximum absolute atomic E-state index is 12.3. The van der Waals surface area contributed by atoms with Gasteiger partial charge in [0.1, 0.15) is 5.75 Å². The fourth-order valence-electron chi connectivity index (χ4n) is 2.26. The van der Waals surface area contributed by atoms with Gasteiger partial charge in [-0.05, 0) is 49.2 Å². The van der Waals surface area contributed by atoms with Crippen molar-refractivity contribution in [2.24, 2.45) is 5.92 Å². The number of hydrogen-bond donors (Lipinski definition) is 2. The third kappa shape index (κ3) is 4.84. The molecule has 24 heavy (non-hydrogen) atoms. The topological polar surface area (TPSA) is 75.6 Å². The molecule has 0 aliphatic heterocycles. The van der Waals surface area contributed by atoms with E-state index >= 15 is 0 Å². The highest BCUT2D eigenvalue weighted by Gasteiger charge is 2.12. The summed E-state index contributed by atoms with van der Waals surface area (Å²) in [6.07, 6.45) is 0.458. The summed E-state index contributed by atoms with van der Waals surface area (Å²) in [6.45, 7) is 4.10. The first-order valence-corrected chi connectivity index (χ1v) is 7.85. The Morgan fingerprint density at radius 2 is 1.88 bits per heavy atom. The normalized spacial score (nSPS) is 11.6. The van der Waals surface area contributed by atoms with Crippen molar-refractivity contribution in [1.82, 2.24) is 0 Å². The Labute approximate surface area is 141 Å². The zero-order valence-corrected chi connectivity index (χ0v) is 13.8. The molecule has 0 saturated carbocycles. The molecule has 1 unspecified atom stereocenters. The van der Waals surface area contributed by atoms with Crippen molar-refractivity contribution in [1.29, 1.82) is 0 Å². The van der Waals surface area contributed by atoms with Crippen molar-refractivity contribution in [2.75, 3.05) is 11.9 Å². The minimum Gasteiger partial charge on any atom is -0.494 e. The molecular weight excluding hydrogens is 306 g/mol. The number of aliphatic carboxylic acids is 1. The van der Waals surface area contributed by atoms with Gasteiger partial charge in [0.05, 0.1) is 12.5 Å². The maximum Gasteiger partial charge on any atom is 0.306 e. The Balaban J connectivity index is 2.01. The zero-order valence-electron chi connectivity index (χ0n) is 13.8. The van der Waals surface area contributed by atoms with E-state index in [1.807, 2.05) is 19.1 Å². The Morgan fingerprint density at radius 3 is 2.50 bits per heavy atom. The zero-order chi connectivity index (χ0) is 17.5. The van der Waals surface area contributed by atoms with Crippen molar-refractivity contribution < 1.29 is 19.4 Å².